The van der Waals surface area contributed by atoms with E-state index in [9.17, 15) is 10.1 Å². The molecular weight excluding hydrogens is 334 g/mol. The lowest BCUT2D eigenvalue weighted by atomic mass is 10.1. The number of hydrogen-bond acceptors (Lipinski definition) is 3. The summed E-state index contributed by atoms with van der Waals surface area (Å²) in [5, 5.41) is 9.92. The average Bonchev–Trinajstić information content (AvgIpc) is 2.87. The summed E-state index contributed by atoms with van der Waals surface area (Å²) in [5.74, 6) is 0.0714. The largest absolute Gasteiger partial charge is 0.369 e. The molecule has 1 fully saturated rings. The molecule has 0 spiro atoms. The zero-order valence-electron chi connectivity index (χ0n) is 14.2. The van der Waals surface area contributed by atoms with Gasteiger partial charge in [-0.3, -0.25) is 4.79 Å². The third kappa shape index (κ3) is 3.94. The van der Waals surface area contributed by atoms with Gasteiger partial charge in [0.15, 0.2) is 0 Å². The Morgan fingerprint density at radius 1 is 1.12 bits per heavy atom. The van der Waals surface area contributed by atoms with Gasteiger partial charge in [-0.2, -0.15) is 5.26 Å². The second-order valence-electron chi connectivity index (χ2n) is 6.28. The molecule has 1 aliphatic heterocycles. The molecule has 0 unspecified atom stereocenters. The number of amides is 1. The van der Waals surface area contributed by atoms with Crippen LogP contribution in [0.25, 0.3) is 0 Å². The van der Waals surface area contributed by atoms with E-state index in [1.807, 2.05) is 42.2 Å². The van der Waals surface area contributed by atoms with Crippen molar-refractivity contribution < 1.29 is 4.79 Å². The lowest BCUT2D eigenvalue weighted by Gasteiger charge is -2.24. The number of aryl methyl sites for hydroxylation is 1. The van der Waals surface area contributed by atoms with E-state index in [2.05, 4.69) is 11.0 Å². The number of rotatable bonds is 2. The molecule has 2 aromatic carbocycles. The van der Waals surface area contributed by atoms with Crippen molar-refractivity contribution in [1.29, 1.82) is 5.26 Å². The van der Waals surface area contributed by atoms with Gasteiger partial charge < -0.3 is 9.80 Å². The van der Waals surface area contributed by atoms with E-state index in [-0.39, 0.29) is 5.91 Å². The Kier molecular flexibility index (Phi) is 5.25. The summed E-state index contributed by atoms with van der Waals surface area (Å²) in [4.78, 5) is 16.8. The van der Waals surface area contributed by atoms with Gasteiger partial charge in [-0.05, 0) is 43.7 Å². The molecule has 1 amide bonds. The second kappa shape index (κ2) is 7.58. The van der Waals surface area contributed by atoms with Crippen molar-refractivity contribution >= 4 is 23.2 Å². The van der Waals surface area contributed by atoms with E-state index in [1.165, 1.54) is 0 Å². The van der Waals surface area contributed by atoms with Gasteiger partial charge in [-0.25, -0.2) is 0 Å². The summed E-state index contributed by atoms with van der Waals surface area (Å²) in [6.07, 6.45) is 0.866. The molecule has 1 heterocycles. The van der Waals surface area contributed by atoms with Crippen molar-refractivity contribution in [2.24, 2.45) is 0 Å². The molecular formula is C20H20ClN3O. The lowest BCUT2D eigenvalue weighted by molar-refractivity contribution is 0.0767. The summed E-state index contributed by atoms with van der Waals surface area (Å²) in [6.45, 7) is 4.87. The maximum atomic E-state index is 12.8. The van der Waals surface area contributed by atoms with E-state index < -0.39 is 0 Å². The van der Waals surface area contributed by atoms with Crippen LogP contribution in [0.15, 0.2) is 42.5 Å². The van der Waals surface area contributed by atoms with Crippen LogP contribution in [-0.4, -0.2) is 37.0 Å². The number of carbonyl (C=O) groups excluding carboxylic acids is 1. The van der Waals surface area contributed by atoms with Gasteiger partial charge in [0.1, 0.15) is 6.07 Å². The fraction of sp³-hybridized carbons (Fsp3) is 0.300. The Hall–Kier alpha value is -2.51. The van der Waals surface area contributed by atoms with Crippen molar-refractivity contribution in [2.75, 3.05) is 31.1 Å². The Bertz CT molecular complexity index is 828. The third-order valence-electron chi connectivity index (χ3n) is 4.47. The second-order valence-corrected chi connectivity index (χ2v) is 6.71. The fourth-order valence-electron chi connectivity index (χ4n) is 3.20. The summed E-state index contributed by atoms with van der Waals surface area (Å²) in [5.41, 5.74) is 3.28. The van der Waals surface area contributed by atoms with Crippen molar-refractivity contribution in [3.8, 4) is 6.07 Å². The quantitative estimate of drug-likeness (QED) is 0.823. The van der Waals surface area contributed by atoms with E-state index in [1.54, 1.807) is 12.1 Å². The minimum atomic E-state index is 0.0714. The monoisotopic (exact) mass is 353 g/mol. The first-order chi connectivity index (χ1) is 12.1. The molecule has 3 rings (SSSR count). The summed E-state index contributed by atoms with van der Waals surface area (Å²) < 4.78 is 0. The molecule has 0 radical (unpaired) electrons. The molecule has 0 aliphatic carbocycles. The Morgan fingerprint density at radius 2 is 1.96 bits per heavy atom. The molecule has 128 valence electrons. The molecule has 0 saturated carbocycles. The van der Waals surface area contributed by atoms with E-state index in [0.29, 0.717) is 23.7 Å². The van der Waals surface area contributed by atoms with Gasteiger partial charge >= 0.3 is 0 Å². The van der Waals surface area contributed by atoms with Crippen LogP contribution in [0.2, 0.25) is 5.02 Å². The van der Waals surface area contributed by atoms with Gasteiger partial charge in [-0.15, -0.1) is 0 Å². The topological polar surface area (TPSA) is 47.3 Å². The molecule has 25 heavy (non-hydrogen) atoms. The Labute approximate surface area is 153 Å². The van der Waals surface area contributed by atoms with Crippen LogP contribution in [0.3, 0.4) is 0 Å². The highest BCUT2D eigenvalue weighted by Gasteiger charge is 2.21. The average molecular weight is 354 g/mol. The van der Waals surface area contributed by atoms with E-state index in [0.717, 1.165) is 36.3 Å². The molecule has 5 heteroatoms. The van der Waals surface area contributed by atoms with Gasteiger partial charge in [-0.1, -0.05) is 29.3 Å². The maximum Gasteiger partial charge on any atom is 0.253 e. The first-order valence-corrected chi connectivity index (χ1v) is 8.77. The van der Waals surface area contributed by atoms with Crippen LogP contribution >= 0.6 is 11.6 Å². The number of halogens is 1. The van der Waals surface area contributed by atoms with E-state index in [4.69, 9.17) is 11.6 Å². The van der Waals surface area contributed by atoms with Gasteiger partial charge in [0.25, 0.3) is 5.91 Å². The number of nitriles is 1. The molecule has 1 saturated heterocycles. The van der Waals surface area contributed by atoms with Crippen LogP contribution in [0.1, 0.15) is 27.9 Å². The standard InChI is InChI=1S/C20H20ClN3O/c1-15-4-2-5-16(12-15)20(25)24-9-3-8-23(10-11-24)19-7-6-18(21)13-17(19)14-22/h2,4-7,12-13H,3,8-11H2,1H3. The first-order valence-electron chi connectivity index (χ1n) is 8.39. The highest BCUT2D eigenvalue weighted by Crippen LogP contribution is 2.25. The SMILES string of the molecule is Cc1cccc(C(=O)N2CCCN(c3ccc(Cl)cc3C#N)CC2)c1. The highest BCUT2D eigenvalue weighted by molar-refractivity contribution is 6.30. The fourth-order valence-corrected chi connectivity index (χ4v) is 3.37. The van der Waals surface area contributed by atoms with Crippen LogP contribution < -0.4 is 4.90 Å². The zero-order valence-corrected chi connectivity index (χ0v) is 15.0. The molecule has 2 aromatic rings. The van der Waals surface area contributed by atoms with Gasteiger partial charge in [0, 0.05) is 36.8 Å². The number of benzene rings is 2. The third-order valence-corrected chi connectivity index (χ3v) is 4.70. The normalized spacial score (nSPS) is 14.8. The van der Waals surface area contributed by atoms with Crippen LogP contribution in [0, 0.1) is 18.3 Å². The smallest absolute Gasteiger partial charge is 0.253 e. The minimum Gasteiger partial charge on any atom is -0.369 e. The predicted molar refractivity (Wildman–Crippen MR) is 100 cm³/mol. The van der Waals surface area contributed by atoms with Crippen molar-refractivity contribution in [3.63, 3.8) is 0 Å². The molecule has 4 nitrogen and oxygen atoms in total. The van der Waals surface area contributed by atoms with Crippen molar-refractivity contribution in [2.45, 2.75) is 13.3 Å². The zero-order chi connectivity index (χ0) is 17.8. The Balaban J connectivity index is 1.75. The van der Waals surface area contributed by atoms with Gasteiger partial charge in [0.05, 0.1) is 11.3 Å². The van der Waals surface area contributed by atoms with Crippen molar-refractivity contribution in [3.05, 3.63) is 64.2 Å². The maximum absolute atomic E-state index is 12.8. The van der Waals surface area contributed by atoms with Crippen LogP contribution in [0.4, 0.5) is 5.69 Å². The number of hydrogen-bond donors (Lipinski definition) is 0. The molecule has 0 N–H and O–H groups in total. The minimum absolute atomic E-state index is 0.0714. The van der Waals surface area contributed by atoms with Gasteiger partial charge in [0.2, 0.25) is 0 Å². The van der Waals surface area contributed by atoms with Crippen LogP contribution in [0.5, 0.6) is 0 Å². The predicted octanol–water partition coefficient (Wildman–Crippen LogP) is 3.87. The van der Waals surface area contributed by atoms with E-state index >= 15 is 0 Å². The first kappa shape index (κ1) is 17.3. The molecule has 0 aromatic heterocycles. The Morgan fingerprint density at radius 3 is 2.72 bits per heavy atom. The lowest BCUT2D eigenvalue weighted by Crippen LogP contribution is -2.35. The molecule has 0 bridgehead atoms. The summed E-state index contributed by atoms with van der Waals surface area (Å²) in [6, 6.07) is 15.3. The highest BCUT2D eigenvalue weighted by atomic mass is 35.5. The van der Waals surface area contributed by atoms with Crippen LogP contribution in [-0.2, 0) is 0 Å². The summed E-state index contributed by atoms with van der Waals surface area (Å²) >= 11 is 5.99. The number of carbonyl (C=O) groups is 1. The molecule has 0 atom stereocenters. The molecule has 1 aliphatic rings. The number of nitrogens with zero attached hydrogens (tertiary/aromatic N) is 3. The summed E-state index contributed by atoms with van der Waals surface area (Å²) in [7, 11) is 0. The van der Waals surface area contributed by atoms with Crippen molar-refractivity contribution in [1.82, 2.24) is 4.90 Å². The number of anilines is 1.